The molecule has 3 rings (SSSR count). The van der Waals surface area contributed by atoms with Crippen LogP contribution in [0.1, 0.15) is 34.4 Å². The Morgan fingerprint density at radius 1 is 1.21 bits per heavy atom. The van der Waals surface area contributed by atoms with E-state index < -0.39 is 23.4 Å². The summed E-state index contributed by atoms with van der Waals surface area (Å²) in [6.07, 6.45) is 0. The summed E-state index contributed by atoms with van der Waals surface area (Å²) in [6, 6.07) is 9.73. The molecule has 1 aliphatic heterocycles. The molecule has 1 unspecified atom stereocenters. The molecule has 0 aliphatic carbocycles. The first-order chi connectivity index (χ1) is 11.3. The lowest BCUT2D eigenvalue weighted by molar-refractivity contribution is -0.132. The Morgan fingerprint density at radius 3 is 2.46 bits per heavy atom. The minimum Gasteiger partial charge on any atom is -0.466 e. The zero-order chi connectivity index (χ0) is 17.5. The van der Waals surface area contributed by atoms with Crippen molar-refractivity contribution in [1.82, 2.24) is 15.8 Å². The summed E-state index contributed by atoms with van der Waals surface area (Å²) in [6.45, 7) is 4.95. The van der Waals surface area contributed by atoms with Gasteiger partial charge in [-0.25, -0.2) is 4.79 Å². The predicted molar refractivity (Wildman–Crippen MR) is 84.8 cm³/mol. The highest BCUT2D eigenvalue weighted by Gasteiger charge is 2.50. The molecule has 1 aliphatic rings. The van der Waals surface area contributed by atoms with Crippen LogP contribution in [0, 0.1) is 13.8 Å². The van der Waals surface area contributed by atoms with Crippen molar-refractivity contribution in [2.45, 2.75) is 26.3 Å². The van der Waals surface area contributed by atoms with Crippen molar-refractivity contribution in [3.05, 3.63) is 59.0 Å². The van der Waals surface area contributed by atoms with Crippen LogP contribution in [0.3, 0.4) is 0 Å². The summed E-state index contributed by atoms with van der Waals surface area (Å²) in [7, 11) is 0. The van der Waals surface area contributed by atoms with Crippen LogP contribution >= 0.6 is 0 Å². The fourth-order valence-electron chi connectivity index (χ4n) is 2.73. The average molecular weight is 327 g/mol. The first-order valence-corrected chi connectivity index (χ1v) is 7.43. The quantitative estimate of drug-likeness (QED) is 0.844. The van der Waals surface area contributed by atoms with Crippen LogP contribution in [0.2, 0.25) is 0 Å². The maximum Gasteiger partial charge on any atom is 0.344 e. The third-order valence-corrected chi connectivity index (χ3v) is 4.04. The normalized spacial score (nSPS) is 20.2. The number of nitrogens with zero attached hydrogens (tertiary/aromatic N) is 1. The van der Waals surface area contributed by atoms with E-state index in [0.29, 0.717) is 22.1 Å². The lowest BCUT2D eigenvalue weighted by atomic mass is 9.92. The summed E-state index contributed by atoms with van der Waals surface area (Å²) in [4.78, 5) is 37.2. The van der Waals surface area contributed by atoms with Gasteiger partial charge in [-0.1, -0.05) is 30.3 Å². The summed E-state index contributed by atoms with van der Waals surface area (Å²) in [5, 5.41) is 3.33. The maximum absolute atomic E-state index is 12.7. The van der Waals surface area contributed by atoms with Crippen molar-refractivity contribution in [1.29, 1.82) is 0 Å². The molecule has 1 saturated heterocycles. The van der Waals surface area contributed by atoms with E-state index in [1.807, 2.05) is 6.07 Å². The van der Waals surface area contributed by atoms with Crippen molar-refractivity contribution in [2.75, 3.05) is 0 Å². The number of rotatable bonds is 3. The lowest BCUT2D eigenvalue weighted by Crippen LogP contribution is -2.48. The molecule has 124 valence electrons. The summed E-state index contributed by atoms with van der Waals surface area (Å²) < 4.78 is 5.30. The van der Waals surface area contributed by atoms with Crippen molar-refractivity contribution in [3.63, 3.8) is 0 Å². The van der Waals surface area contributed by atoms with Gasteiger partial charge >= 0.3 is 6.03 Å². The highest BCUT2D eigenvalue weighted by atomic mass is 16.3. The summed E-state index contributed by atoms with van der Waals surface area (Å²) >= 11 is 0. The molecule has 1 fully saturated rings. The van der Waals surface area contributed by atoms with Crippen LogP contribution in [-0.4, -0.2) is 22.9 Å². The van der Waals surface area contributed by atoms with Gasteiger partial charge in [-0.2, -0.15) is 5.01 Å². The van der Waals surface area contributed by atoms with Crippen molar-refractivity contribution in [2.24, 2.45) is 0 Å². The monoisotopic (exact) mass is 327 g/mol. The summed E-state index contributed by atoms with van der Waals surface area (Å²) in [5.74, 6) is -0.137. The molecule has 24 heavy (non-hydrogen) atoms. The Balaban J connectivity index is 1.85. The fraction of sp³-hybridized carbons (Fsp3) is 0.235. The second-order valence-electron chi connectivity index (χ2n) is 5.83. The Morgan fingerprint density at radius 2 is 1.88 bits per heavy atom. The number of aryl methyl sites for hydroxylation is 2. The molecular weight excluding hydrogens is 310 g/mol. The van der Waals surface area contributed by atoms with Crippen LogP contribution in [0.5, 0.6) is 0 Å². The second-order valence-corrected chi connectivity index (χ2v) is 5.83. The number of furan rings is 1. The van der Waals surface area contributed by atoms with Crippen molar-refractivity contribution >= 4 is 17.8 Å². The van der Waals surface area contributed by atoms with Crippen molar-refractivity contribution < 1.29 is 18.8 Å². The Kier molecular flexibility index (Phi) is 3.63. The van der Waals surface area contributed by atoms with Crippen molar-refractivity contribution in [3.8, 4) is 0 Å². The molecule has 2 N–H and O–H groups in total. The number of nitrogens with one attached hydrogen (secondary N) is 2. The van der Waals surface area contributed by atoms with Crippen LogP contribution in [-0.2, 0) is 10.3 Å². The first kappa shape index (κ1) is 15.8. The van der Waals surface area contributed by atoms with Gasteiger partial charge in [-0.3, -0.25) is 15.0 Å². The van der Waals surface area contributed by atoms with E-state index in [2.05, 4.69) is 10.7 Å². The van der Waals surface area contributed by atoms with E-state index in [1.165, 1.54) is 0 Å². The molecule has 0 saturated carbocycles. The minimum absolute atomic E-state index is 0.279. The number of carbonyl (C=O) groups is 3. The van der Waals surface area contributed by atoms with Crippen LogP contribution in [0.4, 0.5) is 4.79 Å². The molecule has 7 nitrogen and oxygen atoms in total. The number of hydrazine groups is 1. The lowest BCUT2D eigenvalue weighted by Gasteiger charge is -2.22. The van der Waals surface area contributed by atoms with E-state index >= 15 is 0 Å². The highest BCUT2D eigenvalue weighted by molar-refractivity contribution is 6.09. The van der Waals surface area contributed by atoms with Gasteiger partial charge in [0.2, 0.25) is 0 Å². The Labute approximate surface area is 138 Å². The first-order valence-electron chi connectivity index (χ1n) is 7.43. The van der Waals surface area contributed by atoms with Gasteiger partial charge in [0.15, 0.2) is 0 Å². The molecule has 4 amide bonds. The maximum atomic E-state index is 12.7. The molecule has 0 bridgehead atoms. The van der Waals surface area contributed by atoms with Gasteiger partial charge in [0.25, 0.3) is 11.8 Å². The largest absolute Gasteiger partial charge is 0.466 e. The zero-order valence-corrected chi connectivity index (χ0v) is 13.5. The number of benzene rings is 1. The molecular formula is C17H17N3O4. The van der Waals surface area contributed by atoms with E-state index in [-0.39, 0.29) is 5.56 Å². The number of carbonyl (C=O) groups excluding carboxylic acids is 3. The molecule has 1 atom stereocenters. The van der Waals surface area contributed by atoms with Gasteiger partial charge < -0.3 is 9.73 Å². The molecule has 1 aromatic heterocycles. The second kappa shape index (κ2) is 5.52. The van der Waals surface area contributed by atoms with E-state index in [9.17, 15) is 14.4 Å². The van der Waals surface area contributed by atoms with Gasteiger partial charge in [0, 0.05) is 0 Å². The Bertz CT molecular complexity index is 828. The number of hydrogen-bond acceptors (Lipinski definition) is 4. The van der Waals surface area contributed by atoms with E-state index in [4.69, 9.17) is 4.42 Å². The molecule has 0 spiro atoms. The number of amides is 4. The predicted octanol–water partition coefficient (Wildman–Crippen LogP) is 2.01. The number of urea groups is 1. The topological polar surface area (TPSA) is 91.7 Å². The van der Waals surface area contributed by atoms with Gasteiger partial charge in [-0.05, 0) is 32.4 Å². The average Bonchev–Trinajstić information content (AvgIpc) is 3.00. The molecule has 7 heteroatoms. The highest BCUT2D eigenvalue weighted by Crippen LogP contribution is 2.27. The van der Waals surface area contributed by atoms with Gasteiger partial charge in [0.1, 0.15) is 17.1 Å². The Hall–Kier alpha value is -3.09. The minimum atomic E-state index is -1.23. The van der Waals surface area contributed by atoms with Crippen LogP contribution < -0.4 is 10.7 Å². The van der Waals surface area contributed by atoms with E-state index in [1.54, 1.807) is 51.1 Å². The molecule has 1 aromatic carbocycles. The number of imide groups is 1. The third-order valence-electron chi connectivity index (χ3n) is 4.04. The molecule has 0 radical (unpaired) electrons. The van der Waals surface area contributed by atoms with Gasteiger partial charge in [-0.15, -0.1) is 0 Å². The van der Waals surface area contributed by atoms with E-state index in [0.717, 1.165) is 0 Å². The SMILES string of the molecule is Cc1cc(C(=O)NN2C(=O)NC(C)(c3ccccc3)C2=O)c(C)o1. The summed E-state index contributed by atoms with van der Waals surface area (Å²) in [5.41, 5.74) is 2.03. The zero-order valence-electron chi connectivity index (χ0n) is 13.5. The third kappa shape index (κ3) is 2.44. The molecule has 2 heterocycles. The van der Waals surface area contributed by atoms with Gasteiger partial charge in [0.05, 0.1) is 5.56 Å². The van der Waals surface area contributed by atoms with Crippen LogP contribution in [0.25, 0.3) is 0 Å². The van der Waals surface area contributed by atoms with Crippen LogP contribution in [0.15, 0.2) is 40.8 Å². The number of hydrogen-bond donors (Lipinski definition) is 2. The smallest absolute Gasteiger partial charge is 0.344 e. The fourth-order valence-corrected chi connectivity index (χ4v) is 2.73. The molecule has 2 aromatic rings. The standard InChI is InChI=1S/C17H17N3O4/c1-10-9-13(11(2)24-10)14(21)19-20-15(22)17(3,18-16(20)23)12-7-5-4-6-8-12/h4-9H,1-3H3,(H,18,23)(H,19,21).